The summed E-state index contributed by atoms with van der Waals surface area (Å²) in [6.45, 7) is 3.36. The van der Waals surface area contributed by atoms with Gasteiger partial charge in [-0.1, -0.05) is 79.7 Å². The third-order valence-corrected chi connectivity index (χ3v) is 5.66. The summed E-state index contributed by atoms with van der Waals surface area (Å²) < 4.78 is 0. The number of rotatable bonds is 8. The molecule has 1 aromatic heterocycles. The molecule has 3 heteroatoms. The van der Waals surface area contributed by atoms with Gasteiger partial charge >= 0.3 is 0 Å². The third kappa shape index (κ3) is 5.13. The van der Waals surface area contributed by atoms with E-state index in [0.717, 1.165) is 29.5 Å². The number of nitrogens with one attached hydrogen (secondary N) is 1. The fourth-order valence-corrected chi connectivity index (χ4v) is 3.82. The van der Waals surface area contributed by atoms with Crippen LogP contribution < -0.4 is 0 Å². The fourth-order valence-electron chi connectivity index (χ4n) is 3.82. The van der Waals surface area contributed by atoms with Crippen molar-refractivity contribution in [1.29, 1.82) is 0 Å². The molecule has 0 saturated heterocycles. The first-order valence-corrected chi connectivity index (χ1v) is 10.9. The van der Waals surface area contributed by atoms with Crippen LogP contribution in [0, 0.1) is 0 Å². The molecule has 1 N–H and O–H groups in total. The number of carbonyl (C=O) groups excluding carboxylic acids is 1. The van der Waals surface area contributed by atoms with Crippen molar-refractivity contribution in [3.05, 3.63) is 113 Å². The lowest BCUT2D eigenvalue weighted by Gasteiger charge is -2.21. The molecule has 1 heterocycles. The first-order chi connectivity index (χ1) is 15.2. The summed E-state index contributed by atoms with van der Waals surface area (Å²) in [5, 5.41) is 1.22. The van der Waals surface area contributed by atoms with Crippen LogP contribution in [-0.2, 0) is 12.8 Å². The highest BCUT2D eigenvalue weighted by atomic mass is 16.2. The van der Waals surface area contributed by atoms with Crippen LogP contribution in [0.4, 0.5) is 0 Å². The van der Waals surface area contributed by atoms with Crippen LogP contribution in [0.15, 0.2) is 91.1 Å². The number of aromatic nitrogens is 1. The number of nitrogens with zero attached hydrogens (tertiary/aromatic N) is 1. The van der Waals surface area contributed by atoms with Gasteiger partial charge in [0.15, 0.2) is 0 Å². The second kappa shape index (κ2) is 9.94. The summed E-state index contributed by atoms with van der Waals surface area (Å²) >= 11 is 0. The SMILES string of the molecule is CCc1ccc(C(=O)N(C/C=C/c2ccccc2)CCc2c[nH]c3ccccc23)cc1. The Labute approximate surface area is 184 Å². The Kier molecular flexibility index (Phi) is 6.63. The van der Waals surface area contributed by atoms with Gasteiger partial charge in [0.25, 0.3) is 5.91 Å². The molecule has 0 atom stereocenters. The van der Waals surface area contributed by atoms with Crippen LogP contribution in [0.25, 0.3) is 17.0 Å². The van der Waals surface area contributed by atoms with Crippen LogP contribution in [0.2, 0.25) is 0 Å². The molecule has 0 saturated carbocycles. The van der Waals surface area contributed by atoms with Crippen molar-refractivity contribution in [2.75, 3.05) is 13.1 Å². The number of aromatic amines is 1. The first kappa shape index (κ1) is 20.7. The molecule has 0 bridgehead atoms. The van der Waals surface area contributed by atoms with E-state index in [1.54, 1.807) is 0 Å². The second-order valence-corrected chi connectivity index (χ2v) is 7.72. The number of para-hydroxylation sites is 1. The summed E-state index contributed by atoms with van der Waals surface area (Å²) in [6.07, 6.45) is 7.98. The van der Waals surface area contributed by atoms with Crippen molar-refractivity contribution >= 4 is 22.9 Å². The number of H-pyrrole nitrogens is 1. The highest BCUT2D eigenvalue weighted by molar-refractivity contribution is 5.94. The predicted molar refractivity (Wildman–Crippen MR) is 129 cm³/mol. The van der Waals surface area contributed by atoms with Gasteiger partial charge < -0.3 is 9.88 Å². The topological polar surface area (TPSA) is 36.1 Å². The van der Waals surface area contributed by atoms with Crippen LogP contribution in [0.5, 0.6) is 0 Å². The minimum Gasteiger partial charge on any atom is -0.361 e. The number of hydrogen-bond acceptors (Lipinski definition) is 1. The summed E-state index contributed by atoms with van der Waals surface area (Å²) in [4.78, 5) is 18.6. The number of benzene rings is 3. The van der Waals surface area contributed by atoms with Crippen LogP contribution in [0.3, 0.4) is 0 Å². The highest BCUT2D eigenvalue weighted by Gasteiger charge is 2.15. The Hall–Kier alpha value is -3.59. The minimum absolute atomic E-state index is 0.0696. The van der Waals surface area contributed by atoms with Gasteiger partial charge in [0, 0.05) is 35.8 Å². The van der Waals surface area contributed by atoms with Crippen molar-refractivity contribution in [3.63, 3.8) is 0 Å². The molecular formula is C28H28N2O. The number of aryl methyl sites for hydroxylation is 1. The standard InChI is InChI=1S/C28H28N2O/c1-2-22-14-16-24(17-15-22)28(31)30(19-8-11-23-9-4-3-5-10-23)20-18-25-21-29-27-13-7-6-12-26(25)27/h3-17,21,29H,2,18-20H2,1H3/b11-8+. The number of carbonyl (C=O) groups is 1. The molecule has 0 radical (unpaired) electrons. The summed E-state index contributed by atoms with van der Waals surface area (Å²) in [5.41, 5.74) is 5.49. The summed E-state index contributed by atoms with van der Waals surface area (Å²) in [7, 11) is 0. The van der Waals surface area contributed by atoms with Gasteiger partial charge in [-0.25, -0.2) is 0 Å². The lowest BCUT2D eigenvalue weighted by molar-refractivity contribution is 0.0776. The molecular weight excluding hydrogens is 380 g/mol. The Morgan fingerprint density at radius 2 is 1.68 bits per heavy atom. The third-order valence-electron chi connectivity index (χ3n) is 5.66. The van der Waals surface area contributed by atoms with Crippen molar-refractivity contribution in [1.82, 2.24) is 9.88 Å². The lowest BCUT2D eigenvalue weighted by Crippen LogP contribution is -2.33. The zero-order valence-electron chi connectivity index (χ0n) is 17.9. The molecule has 3 aromatic carbocycles. The van der Waals surface area contributed by atoms with E-state index in [1.807, 2.05) is 53.4 Å². The Balaban J connectivity index is 1.52. The van der Waals surface area contributed by atoms with Gasteiger partial charge in [0.2, 0.25) is 0 Å². The van der Waals surface area contributed by atoms with E-state index in [1.165, 1.54) is 16.5 Å². The molecule has 4 aromatic rings. The maximum Gasteiger partial charge on any atom is 0.254 e. The maximum absolute atomic E-state index is 13.3. The largest absolute Gasteiger partial charge is 0.361 e. The van der Waals surface area contributed by atoms with Crippen LogP contribution >= 0.6 is 0 Å². The maximum atomic E-state index is 13.3. The van der Waals surface area contributed by atoms with Gasteiger partial charge in [0.05, 0.1) is 0 Å². The summed E-state index contributed by atoms with van der Waals surface area (Å²) in [6, 6.07) is 26.5. The normalized spacial score (nSPS) is 11.3. The average molecular weight is 409 g/mol. The van der Waals surface area contributed by atoms with Gasteiger partial charge in [0.1, 0.15) is 0 Å². The molecule has 0 aliphatic heterocycles. The zero-order valence-corrected chi connectivity index (χ0v) is 17.9. The second-order valence-electron chi connectivity index (χ2n) is 7.72. The predicted octanol–water partition coefficient (Wildman–Crippen LogP) is 6.13. The molecule has 4 rings (SSSR count). The van der Waals surface area contributed by atoms with E-state index in [2.05, 4.69) is 60.6 Å². The monoisotopic (exact) mass is 408 g/mol. The van der Waals surface area contributed by atoms with E-state index >= 15 is 0 Å². The molecule has 31 heavy (non-hydrogen) atoms. The molecule has 0 fully saturated rings. The summed E-state index contributed by atoms with van der Waals surface area (Å²) in [5.74, 6) is 0.0696. The Morgan fingerprint density at radius 3 is 2.45 bits per heavy atom. The lowest BCUT2D eigenvalue weighted by atomic mass is 10.1. The van der Waals surface area contributed by atoms with Gasteiger partial charge in [-0.3, -0.25) is 4.79 Å². The molecule has 3 nitrogen and oxygen atoms in total. The quantitative estimate of drug-likeness (QED) is 0.374. The van der Waals surface area contributed by atoms with Gasteiger partial charge in [-0.2, -0.15) is 0 Å². The van der Waals surface area contributed by atoms with Gasteiger partial charge in [-0.05, 0) is 47.7 Å². The van der Waals surface area contributed by atoms with Crippen molar-refractivity contribution in [2.45, 2.75) is 19.8 Å². The van der Waals surface area contributed by atoms with Crippen LogP contribution in [0.1, 0.15) is 34.0 Å². The molecule has 0 aliphatic carbocycles. The average Bonchev–Trinajstić information content (AvgIpc) is 3.25. The van der Waals surface area contributed by atoms with E-state index in [0.29, 0.717) is 13.1 Å². The van der Waals surface area contributed by atoms with Crippen molar-refractivity contribution in [3.8, 4) is 0 Å². The van der Waals surface area contributed by atoms with E-state index in [4.69, 9.17) is 0 Å². The Morgan fingerprint density at radius 1 is 0.935 bits per heavy atom. The number of hydrogen-bond donors (Lipinski definition) is 1. The number of amides is 1. The van der Waals surface area contributed by atoms with Gasteiger partial charge in [-0.15, -0.1) is 0 Å². The highest BCUT2D eigenvalue weighted by Crippen LogP contribution is 2.19. The zero-order chi connectivity index (χ0) is 21.5. The molecule has 1 amide bonds. The van der Waals surface area contributed by atoms with Crippen molar-refractivity contribution in [2.24, 2.45) is 0 Å². The minimum atomic E-state index is 0.0696. The van der Waals surface area contributed by atoms with Crippen LogP contribution in [-0.4, -0.2) is 28.9 Å². The first-order valence-electron chi connectivity index (χ1n) is 10.9. The van der Waals surface area contributed by atoms with E-state index in [-0.39, 0.29) is 5.91 Å². The van der Waals surface area contributed by atoms with E-state index in [9.17, 15) is 4.79 Å². The molecule has 156 valence electrons. The molecule has 0 aliphatic rings. The number of fused-ring (bicyclic) bond motifs is 1. The molecule has 0 spiro atoms. The molecule has 0 unspecified atom stereocenters. The van der Waals surface area contributed by atoms with E-state index < -0.39 is 0 Å². The smallest absolute Gasteiger partial charge is 0.254 e. The Bertz CT molecular complexity index is 1160. The fraction of sp³-hybridized carbons (Fsp3) is 0.179. The van der Waals surface area contributed by atoms with Crippen molar-refractivity contribution < 1.29 is 4.79 Å².